The molecule has 2 aromatic carbocycles. The summed E-state index contributed by atoms with van der Waals surface area (Å²) in [5.74, 6) is 0.883. The molecule has 3 rings (SSSR count). The van der Waals surface area contributed by atoms with Crippen molar-refractivity contribution in [2.45, 2.75) is 26.0 Å². The summed E-state index contributed by atoms with van der Waals surface area (Å²) in [6.07, 6.45) is 0.741. The van der Waals surface area contributed by atoms with Gasteiger partial charge in [0, 0.05) is 0 Å². The van der Waals surface area contributed by atoms with E-state index in [1.165, 1.54) is 0 Å². The monoisotopic (exact) mass is 404 g/mol. The van der Waals surface area contributed by atoms with Crippen LogP contribution < -0.4 is 19.1 Å². The number of sulfonamides is 1. The quantitative estimate of drug-likeness (QED) is 0.797. The summed E-state index contributed by atoms with van der Waals surface area (Å²) in [7, 11) is -3.65. The highest BCUT2D eigenvalue weighted by molar-refractivity contribution is 7.92. The third-order valence-electron chi connectivity index (χ3n) is 4.42. The first-order valence-corrected chi connectivity index (χ1v) is 10.8. The molecule has 0 saturated heterocycles. The van der Waals surface area contributed by atoms with Gasteiger partial charge in [-0.1, -0.05) is 24.3 Å². The van der Waals surface area contributed by atoms with Crippen LogP contribution in [0.4, 0.5) is 5.69 Å². The molecule has 150 valence electrons. The van der Waals surface area contributed by atoms with Crippen LogP contribution in [0.25, 0.3) is 0 Å². The molecule has 1 N–H and O–H groups in total. The number of para-hydroxylation sites is 2. The molecule has 1 heterocycles. The lowest BCUT2D eigenvalue weighted by Crippen LogP contribution is -2.50. The molecule has 0 aliphatic carbocycles. The molecule has 0 aromatic heterocycles. The Labute approximate surface area is 165 Å². The maximum absolute atomic E-state index is 12.7. The molecule has 2 aromatic rings. The van der Waals surface area contributed by atoms with E-state index in [1.807, 2.05) is 31.2 Å². The molecular weight excluding hydrogens is 380 g/mol. The lowest BCUT2D eigenvalue weighted by Gasteiger charge is -2.30. The molecule has 0 bridgehead atoms. The molecule has 1 aliphatic rings. The molecule has 0 spiro atoms. The Morgan fingerprint density at radius 1 is 1.21 bits per heavy atom. The van der Waals surface area contributed by atoms with Crippen molar-refractivity contribution in [3.63, 3.8) is 0 Å². The zero-order chi connectivity index (χ0) is 20.3. The number of aryl methyl sites for hydroxylation is 1. The number of rotatable bonds is 6. The second kappa shape index (κ2) is 8.10. The maximum Gasteiger partial charge on any atom is 0.243 e. The van der Waals surface area contributed by atoms with Gasteiger partial charge in [0.1, 0.15) is 18.8 Å². The van der Waals surface area contributed by atoms with Crippen LogP contribution in [0.2, 0.25) is 0 Å². The molecular formula is C20H24N2O5S. The zero-order valence-corrected chi connectivity index (χ0v) is 16.9. The predicted molar refractivity (Wildman–Crippen MR) is 107 cm³/mol. The Morgan fingerprint density at radius 3 is 2.61 bits per heavy atom. The standard InChI is InChI=1S/C20H24N2O5S/c1-14-7-6-8-16(11-14)22(28(3,24)25)15(2)20(23)21-12-17-13-26-18-9-4-5-10-19(18)27-17/h4-11,15,17H,12-13H2,1-3H3,(H,21,23)/t15-,17+/m1/s1. The second-order valence-electron chi connectivity index (χ2n) is 6.82. The molecule has 0 saturated carbocycles. The third kappa shape index (κ3) is 4.56. The fourth-order valence-corrected chi connectivity index (χ4v) is 4.27. The number of hydrogen-bond acceptors (Lipinski definition) is 5. The Bertz CT molecular complexity index is 961. The lowest BCUT2D eigenvalue weighted by atomic mass is 10.2. The number of anilines is 1. The largest absolute Gasteiger partial charge is 0.486 e. The highest BCUT2D eigenvalue weighted by atomic mass is 32.2. The van der Waals surface area contributed by atoms with Gasteiger partial charge in [0.2, 0.25) is 15.9 Å². The number of ether oxygens (including phenoxy) is 2. The molecule has 8 heteroatoms. The summed E-state index contributed by atoms with van der Waals surface area (Å²) in [5.41, 5.74) is 1.36. The highest BCUT2D eigenvalue weighted by Gasteiger charge is 2.30. The number of benzene rings is 2. The Hall–Kier alpha value is -2.74. The van der Waals surface area contributed by atoms with Crippen molar-refractivity contribution in [2.75, 3.05) is 23.7 Å². The van der Waals surface area contributed by atoms with Crippen molar-refractivity contribution in [3.8, 4) is 11.5 Å². The fraction of sp³-hybridized carbons (Fsp3) is 0.350. The Balaban J connectivity index is 1.67. The lowest BCUT2D eigenvalue weighted by molar-refractivity contribution is -0.122. The van der Waals surface area contributed by atoms with Crippen LogP contribution in [-0.2, 0) is 14.8 Å². The van der Waals surface area contributed by atoms with Gasteiger partial charge < -0.3 is 14.8 Å². The van der Waals surface area contributed by atoms with E-state index in [0.29, 0.717) is 23.8 Å². The van der Waals surface area contributed by atoms with Crippen molar-refractivity contribution < 1.29 is 22.7 Å². The minimum absolute atomic E-state index is 0.211. The van der Waals surface area contributed by atoms with Crippen LogP contribution in [0, 0.1) is 6.92 Å². The van der Waals surface area contributed by atoms with E-state index in [2.05, 4.69) is 5.32 Å². The molecule has 2 atom stereocenters. The van der Waals surface area contributed by atoms with E-state index in [4.69, 9.17) is 9.47 Å². The minimum atomic E-state index is -3.65. The molecule has 7 nitrogen and oxygen atoms in total. The summed E-state index contributed by atoms with van der Waals surface area (Å²) in [6, 6.07) is 13.5. The van der Waals surface area contributed by atoms with Crippen molar-refractivity contribution in [1.29, 1.82) is 0 Å². The Kier molecular flexibility index (Phi) is 5.79. The molecule has 1 amide bonds. The minimum Gasteiger partial charge on any atom is -0.486 e. The van der Waals surface area contributed by atoms with Crippen molar-refractivity contribution in [3.05, 3.63) is 54.1 Å². The number of amides is 1. The fourth-order valence-electron chi connectivity index (χ4n) is 3.10. The number of nitrogens with zero attached hydrogens (tertiary/aromatic N) is 1. The number of fused-ring (bicyclic) bond motifs is 1. The molecule has 1 aliphatic heterocycles. The molecule has 0 fully saturated rings. The summed E-state index contributed by atoms with van der Waals surface area (Å²) in [4.78, 5) is 12.7. The van der Waals surface area contributed by atoms with Crippen molar-refractivity contribution in [1.82, 2.24) is 5.32 Å². The summed E-state index contributed by atoms with van der Waals surface area (Å²) < 4.78 is 37.2. The average Bonchev–Trinajstić information content (AvgIpc) is 2.65. The van der Waals surface area contributed by atoms with Gasteiger partial charge in [-0.15, -0.1) is 0 Å². The normalized spacial score (nSPS) is 16.9. The van der Waals surface area contributed by atoms with Crippen LogP contribution in [0.5, 0.6) is 11.5 Å². The maximum atomic E-state index is 12.7. The van der Waals surface area contributed by atoms with E-state index < -0.39 is 22.0 Å². The van der Waals surface area contributed by atoms with Gasteiger partial charge in [0.05, 0.1) is 18.5 Å². The van der Waals surface area contributed by atoms with Crippen LogP contribution in [0.1, 0.15) is 12.5 Å². The van der Waals surface area contributed by atoms with Gasteiger partial charge >= 0.3 is 0 Å². The number of carbonyl (C=O) groups excluding carboxylic acids is 1. The molecule has 0 radical (unpaired) electrons. The van der Waals surface area contributed by atoms with Gasteiger partial charge in [0.15, 0.2) is 11.5 Å². The molecule has 28 heavy (non-hydrogen) atoms. The van der Waals surface area contributed by atoms with Crippen LogP contribution in [-0.4, -0.2) is 45.9 Å². The predicted octanol–water partition coefficient (Wildman–Crippen LogP) is 2.11. The first kappa shape index (κ1) is 20.0. The van der Waals surface area contributed by atoms with Crippen molar-refractivity contribution >= 4 is 21.6 Å². The second-order valence-corrected chi connectivity index (χ2v) is 8.68. The smallest absolute Gasteiger partial charge is 0.243 e. The van der Waals surface area contributed by atoms with E-state index in [0.717, 1.165) is 16.1 Å². The summed E-state index contributed by atoms with van der Waals surface area (Å²) in [6.45, 7) is 3.95. The van der Waals surface area contributed by atoms with Crippen molar-refractivity contribution in [2.24, 2.45) is 0 Å². The number of hydrogen-bond donors (Lipinski definition) is 1. The molecule has 0 unspecified atom stereocenters. The van der Waals surface area contributed by atoms with Crippen LogP contribution in [0.15, 0.2) is 48.5 Å². The van der Waals surface area contributed by atoms with E-state index in [9.17, 15) is 13.2 Å². The van der Waals surface area contributed by atoms with E-state index in [-0.39, 0.29) is 12.6 Å². The first-order valence-electron chi connectivity index (χ1n) is 8.98. The first-order chi connectivity index (χ1) is 13.3. The van der Waals surface area contributed by atoms with Gasteiger partial charge in [-0.3, -0.25) is 9.10 Å². The topological polar surface area (TPSA) is 84.9 Å². The average molecular weight is 404 g/mol. The Morgan fingerprint density at radius 2 is 1.93 bits per heavy atom. The van der Waals surface area contributed by atoms with E-state index in [1.54, 1.807) is 31.2 Å². The number of nitrogens with one attached hydrogen (secondary N) is 1. The van der Waals surface area contributed by atoms with E-state index >= 15 is 0 Å². The summed E-state index contributed by atoms with van der Waals surface area (Å²) in [5, 5.41) is 2.77. The van der Waals surface area contributed by atoms with Gasteiger partial charge in [-0.25, -0.2) is 8.42 Å². The van der Waals surface area contributed by atoms with Gasteiger partial charge in [-0.05, 0) is 43.7 Å². The number of carbonyl (C=O) groups is 1. The summed E-state index contributed by atoms with van der Waals surface area (Å²) >= 11 is 0. The highest BCUT2D eigenvalue weighted by Crippen LogP contribution is 2.30. The van der Waals surface area contributed by atoms with Crippen LogP contribution in [0.3, 0.4) is 0 Å². The van der Waals surface area contributed by atoms with Gasteiger partial charge in [-0.2, -0.15) is 0 Å². The van der Waals surface area contributed by atoms with Gasteiger partial charge in [0.25, 0.3) is 0 Å². The zero-order valence-electron chi connectivity index (χ0n) is 16.1. The third-order valence-corrected chi connectivity index (χ3v) is 5.66. The van der Waals surface area contributed by atoms with Crippen LogP contribution >= 0.6 is 0 Å². The SMILES string of the molecule is Cc1cccc(N([C@H](C)C(=O)NC[C@H]2COc3ccccc3O2)S(C)(=O)=O)c1.